The van der Waals surface area contributed by atoms with Gasteiger partial charge in [-0.05, 0) is 35.9 Å². The number of nitrogens with one attached hydrogen (secondary N) is 2. The standard InChI is InChI=1S/C21H20FN5O3S/c1-30-19-11-16(22)6-3-15(19)12-23-20-10-9-18(21-25-24-13-27(20)21)14-4-7-17(8-5-14)26-31(2,28)29/h3-11,13,23,26H,12H2,1-2H3. The highest BCUT2D eigenvalue weighted by atomic mass is 32.2. The van der Waals surface area contributed by atoms with Crippen LogP contribution < -0.4 is 14.8 Å². The molecular formula is C21H20FN5O3S. The van der Waals surface area contributed by atoms with Gasteiger partial charge >= 0.3 is 0 Å². The average molecular weight is 441 g/mol. The fourth-order valence-corrected chi connectivity index (χ4v) is 3.83. The lowest BCUT2D eigenvalue weighted by atomic mass is 10.1. The summed E-state index contributed by atoms with van der Waals surface area (Å²) in [5.74, 6) is 0.862. The number of hydrogen-bond donors (Lipinski definition) is 2. The summed E-state index contributed by atoms with van der Waals surface area (Å²) in [6.45, 7) is 0.419. The number of fused-ring (bicyclic) bond motifs is 1. The van der Waals surface area contributed by atoms with Gasteiger partial charge in [0.05, 0.1) is 13.4 Å². The van der Waals surface area contributed by atoms with Gasteiger partial charge in [-0.25, -0.2) is 12.8 Å². The number of sulfonamides is 1. The first kappa shape index (κ1) is 20.6. The van der Waals surface area contributed by atoms with Crippen LogP contribution >= 0.6 is 0 Å². The predicted molar refractivity (Wildman–Crippen MR) is 117 cm³/mol. The number of halogens is 1. The molecule has 0 bridgehead atoms. The lowest BCUT2D eigenvalue weighted by Crippen LogP contribution is -2.09. The van der Waals surface area contributed by atoms with Crippen LogP contribution in [0.3, 0.4) is 0 Å². The Morgan fingerprint density at radius 3 is 2.58 bits per heavy atom. The molecule has 160 valence electrons. The Morgan fingerprint density at radius 2 is 1.87 bits per heavy atom. The summed E-state index contributed by atoms with van der Waals surface area (Å²) in [6, 6.07) is 15.2. The van der Waals surface area contributed by atoms with Crippen molar-refractivity contribution < 1.29 is 17.5 Å². The molecule has 0 aliphatic heterocycles. The second-order valence-electron chi connectivity index (χ2n) is 6.92. The molecule has 0 unspecified atom stereocenters. The summed E-state index contributed by atoms with van der Waals surface area (Å²) in [4.78, 5) is 0. The zero-order valence-electron chi connectivity index (χ0n) is 16.8. The van der Waals surface area contributed by atoms with Crippen LogP contribution in [0.4, 0.5) is 15.9 Å². The molecule has 10 heteroatoms. The van der Waals surface area contributed by atoms with Crippen LogP contribution in [0.1, 0.15) is 5.56 Å². The van der Waals surface area contributed by atoms with Crippen LogP contribution in [0.25, 0.3) is 16.8 Å². The molecule has 0 atom stereocenters. The van der Waals surface area contributed by atoms with Crippen molar-refractivity contribution in [1.82, 2.24) is 14.6 Å². The maximum absolute atomic E-state index is 13.4. The molecule has 8 nitrogen and oxygen atoms in total. The molecule has 0 radical (unpaired) electrons. The van der Waals surface area contributed by atoms with Crippen molar-refractivity contribution >= 4 is 27.2 Å². The minimum atomic E-state index is -3.34. The number of hydrogen-bond acceptors (Lipinski definition) is 6. The average Bonchev–Trinajstić information content (AvgIpc) is 3.22. The molecule has 0 aliphatic carbocycles. The Kier molecular flexibility index (Phi) is 5.47. The van der Waals surface area contributed by atoms with E-state index >= 15 is 0 Å². The predicted octanol–water partition coefficient (Wildman–Crippen LogP) is 3.53. The number of aromatic nitrogens is 3. The second-order valence-corrected chi connectivity index (χ2v) is 8.67. The summed E-state index contributed by atoms with van der Waals surface area (Å²) < 4.78 is 45.7. The van der Waals surface area contributed by atoms with Gasteiger partial charge in [-0.15, -0.1) is 10.2 Å². The topological polar surface area (TPSA) is 97.6 Å². The molecule has 0 saturated carbocycles. The molecule has 4 aromatic rings. The molecule has 0 saturated heterocycles. The zero-order valence-corrected chi connectivity index (χ0v) is 17.6. The van der Waals surface area contributed by atoms with Crippen molar-refractivity contribution in [2.45, 2.75) is 6.54 Å². The first-order valence-corrected chi connectivity index (χ1v) is 11.2. The van der Waals surface area contributed by atoms with Gasteiger partial charge in [0, 0.05) is 29.4 Å². The summed E-state index contributed by atoms with van der Waals surface area (Å²) in [6.07, 6.45) is 2.70. The number of methoxy groups -OCH3 is 1. The van der Waals surface area contributed by atoms with E-state index in [1.807, 2.05) is 28.7 Å². The van der Waals surface area contributed by atoms with E-state index in [0.717, 1.165) is 28.8 Å². The molecule has 4 rings (SSSR count). The minimum absolute atomic E-state index is 0.357. The fraction of sp³-hybridized carbons (Fsp3) is 0.143. The Morgan fingerprint density at radius 1 is 1.10 bits per heavy atom. The van der Waals surface area contributed by atoms with Gasteiger partial charge in [0.15, 0.2) is 5.65 Å². The number of nitrogens with zero attached hydrogens (tertiary/aromatic N) is 3. The summed E-state index contributed by atoms with van der Waals surface area (Å²) >= 11 is 0. The molecule has 2 aromatic carbocycles. The monoisotopic (exact) mass is 441 g/mol. The third kappa shape index (κ3) is 4.58. The maximum Gasteiger partial charge on any atom is 0.229 e. The van der Waals surface area contributed by atoms with Crippen molar-refractivity contribution in [2.75, 3.05) is 23.4 Å². The third-order valence-corrected chi connectivity index (χ3v) is 5.27. The third-order valence-electron chi connectivity index (χ3n) is 4.66. The summed E-state index contributed by atoms with van der Waals surface area (Å²) in [5.41, 5.74) is 3.63. The van der Waals surface area contributed by atoms with E-state index in [1.165, 1.54) is 19.2 Å². The van der Waals surface area contributed by atoms with Gasteiger partial charge < -0.3 is 10.1 Å². The molecule has 2 heterocycles. The summed E-state index contributed by atoms with van der Waals surface area (Å²) in [7, 11) is -1.84. The Bertz CT molecular complexity index is 1340. The smallest absolute Gasteiger partial charge is 0.229 e. The Balaban J connectivity index is 1.61. The van der Waals surface area contributed by atoms with Crippen LogP contribution in [-0.2, 0) is 16.6 Å². The minimum Gasteiger partial charge on any atom is -0.496 e. The number of anilines is 2. The molecule has 2 N–H and O–H groups in total. The first-order valence-electron chi connectivity index (χ1n) is 9.31. The van der Waals surface area contributed by atoms with Gasteiger partial charge in [0.2, 0.25) is 10.0 Å². The molecule has 0 fully saturated rings. The van der Waals surface area contributed by atoms with Crippen molar-refractivity contribution in [3.8, 4) is 16.9 Å². The van der Waals surface area contributed by atoms with Crippen molar-refractivity contribution in [1.29, 1.82) is 0 Å². The van der Waals surface area contributed by atoms with Gasteiger partial charge in [0.1, 0.15) is 23.7 Å². The van der Waals surface area contributed by atoms with Gasteiger partial charge in [-0.2, -0.15) is 0 Å². The van der Waals surface area contributed by atoms with Gasteiger partial charge in [-0.1, -0.05) is 18.2 Å². The van der Waals surface area contributed by atoms with Crippen LogP contribution in [0, 0.1) is 5.82 Å². The zero-order chi connectivity index (χ0) is 22.0. The summed E-state index contributed by atoms with van der Waals surface area (Å²) in [5, 5.41) is 11.5. The van der Waals surface area contributed by atoms with E-state index in [1.54, 1.807) is 24.5 Å². The molecule has 0 aliphatic rings. The molecular weight excluding hydrogens is 421 g/mol. The van der Waals surface area contributed by atoms with E-state index in [4.69, 9.17) is 4.74 Å². The first-order chi connectivity index (χ1) is 14.8. The molecule has 0 spiro atoms. The highest BCUT2D eigenvalue weighted by Crippen LogP contribution is 2.28. The number of pyridine rings is 1. The SMILES string of the molecule is COc1cc(F)ccc1CNc1ccc(-c2ccc(NS(C)(=O)=O)cc2)c2nncn12. The van der Waals surface area contributed by atoms with Crippen molar-refractivity contribution in [3.63, 3.8) is 0 Å². The van der Waals surface area contributed by atoms with Gasteiger partial charge in [0.25, 0.3) is 0 Å². The highest BCUT2D eigenvalue weighted by molar-refractivity contribution is 7.92. The lowest BCUT2D eigenvalue weighted by molar-refractivity contribution is 0.406. The van der Waals surface area contributed by atoms with Crippen LogP contribution in [-0.4, -0.2) is 36.4 Å². The number of rotatable bonds is 7. The van der Waals surface area contributed by atoms with Crippen LogP contribution in [0.15, 0.2) is 60.9 Å². The van der Waals surface area contributed by atoms with Crippen molar-refractivity contribution in [2.24, 2.45) is 0 Å². The molecule has 0 amide bonds. The van der Waals surface area contributed by atoms with E-state index < -0.39 is 10.0 Å². The van der Waals surface area contributed by atoms with Crippen LogP contribution in [0.2, 0.25) is 0 Å². The van der Waals surface area contributed by atoms with E-state index in [9.17, 15) is 12.8 Å². The normalized spacial score (nSPS) is 11.5. The van der Waals surface area contributed by atoms with E-state index in [0.29, 0.717) is 23.6 Å². The van der Waals surface area contributed by atoms with Crippen molar-refractivity contribution in [3.05, 3.63) is 72.3 Å². The quantitative estimate of drug-likeness (QED) is 0.455. The highest BCUT2D eigenvalue weighted by Gasteiger charge is 2.12. The largest absolute Gasteiger partial charge is 0.496 e. The van der Waals surface area contributed by atoms with E-state index in [2.05, 4.69) is 20.2 Å². The molecule has 2 aromatic heterocycles. The number of benzene rings is 2. The fourth-order valence-electron chi connectivity index (χ4n) is 3.26. The number of ether oxygens (including phenoxy) is 1. The second kappa shape index (κ2) is 8.23. The lowest BCUT2D eigenvalue weighted by Gasteiger charge is -2.13. The van der Waals surface area contributed by atoms with E-state index in [-0.39, 0.29) is 5.82 Å². The molecule has 31 heavy (non-hydrogen) atoms. The van der Waals surface area contributed by atoms with Gasteiger partial charge in [-0.3, -0.25) is 9.12 Å². The van der Waals surface area contributed by atoms with Crippen LogP contribution in [0.5, 0.6) is 5.75 Å². The maximum atomic E-state index is 13.4. The Labute approximate surface area is 178 Å². The Hall–Kier alpha value is -3.66.